The van der Waals surface area contributed by atoms with Crippen molar-refractivity contribution in [2.45, 2.75) is 168 Å². The molecule has 0 saturated heterocycles. The zero-order valence-electron chi connectivity index (χ0n) is 25.6. The van der Waals surface area contributed by atoms with Crippen molar-refractivity contribution in [3.63, 3.8) is 0 Å². The Balaban J connectivity index is 3.42. The first-order valence-electron chi connectivity index (χ1n) is 16.4. The molecule has 0 aromatic heterocycles. The maximum absolute atomic E-state index is 12.0. The van der Waals surface area contributed by atoms with E-state index in [1.807, 2.05) is 6.92 Å². The smallest absolute Gasteiger partial charge is 0.306 e. The second kappa shape index (κ2) is 30.9. The van der Waals surface area contributed by atoms with Crippen LogP contribution in [0.2, 0.25) is 0 Å². The molecule has 0 bridgehead atoms. The number of esters is 2. The highest BCUT2D eigenvalue weighted by Gasteiger charge is 2.15. The van der Waals surface area contributed by atoms with Crippen molar-refractivity contribution in [1.29, 1.82) is 0 Å². The lowest BCUT2D eigenvalue weighted by atomic mass is 10.0. The Morgan fingerprint density at radius 3 is 1.56 bits per heavy atom. The van der Waals surface area contributed by atoms with Crippen LogP contribution in [0.3, 0.4) is 0 Å². The Bertz CT molecular complexity index is 598. The van der Waals surface area contributed by atoms with Crippen molar-refractivity contribution < 1.29 is 24.2 Å². The molecule has 0 amide bonds. The zero-order valence-corrected chi connectivity index (χ0v) is 25.6. The lowest BCUT2D eigenvalue weighted by molar-refractivity contribution is -0.161. The summed E-state index contributed by atoms with van der Waals surface area (Å²) in [6.45, 7) is 3.87. The number of hydrogen-bond acceptors (Lipinski definition) is 5. The minimum Gasteiger partial charge on any atom is -0.462 e. The number of carbonyl (C=O) groups is 2. The third kappa shape index (κ3) is 29.2. The van der Waals surface area contributed by atoms with Gasteiger partial charge in [-0.1, -0.05) is 128 Å². The molecule has 0 spiro atoms. The van der Waals surface area contributed by atoms with Crippen molar-refractivity contribution in [3.8, 4) is 0 Å². The van der Waals surface area contributed by atoms with Gasteiger partial charge >= 0.3 is 11.9 Å². The lowest BCUT2D eigenvalue weighted by Crippen LogP contribution is -2.28. The highest BCUT2D eigenvalue weighted by atomic mass is 16.6. The number of aliphatic hydroxyl groups is 1. The summed E-state index contributed by atoms with van der Waals surface area (Å²) in [4.78, 5) is 23.5. The maximum atomic E-state index is 12.0. The van der Waals surface area contributed by atoms with Gasteiger partial charge in [-0.15, -0.1) is 0 Å². The van der Waals surface area contributed by atoms with Crippen LogP contribution in [-0.2, 0) is 19.1 Å². The van der Waals surface area contributed by atoms with E-state index in [1.165, 1.54) is 96.3 Å². The fourth-order valence-electron chi connectivity index (χ4n) is 4.44. The number of aliphatic hydroxyl groups excluding tert-OH is 1. The molecule has 0 heterocycles. The van der Waals surface area contributed by atoms with Crippen molar-refractivity contribution >= 4 is 11.9 Å². The van der Waals surface area contributed by atoms with Crippen LogP contribution in [0, 0.1) is 0 Å². The average molecular weight is 551 g/mol. The van der Waals surface area contributed by atoms with Gasteiger partial charge in [-0.05, 0) is 44.9 Å². The first kappa shape index (κ1) is 37.4. The third-order valence-electron chi connectivity index (χ3n) is 7.00. The minimum absolute atomic E-state index is 0.0704. The van der Waals surface area contributed by atoms with E-state index >= 15 is 0 Å². The number of unbranched alkanes of at least 4 members (excludes halogenated alkanes) is 17. The monoisotopic (exact) mass is 550 g/mol. The number of hydrogen-bond donors (Lipinski definition) is 1. The molecule has 5 heteroatoms. The summed E-state index contributed by atoms with van der Waals surface area (Å²) in [5, 5.41) is 9.35. The predicted octanol–water partition coefficient (Wildman–Crippen LogP) is 9.56. The van der Waals surface area contributed by atoms with Gasteiger partial charge < -0.3 is 14.6 Å². The molecule has 1 atom stereocenters. The Hall–Kier alpha value is -1.62. The lowest BCUT2D eigenvalue weighted by Gasteiger charge is -2.15. The summed E-state index contributed by atoms with van der Waals surface area (Å²) in [7, 11) is 0. The largest absolute Gasteiger partial charge is 0.462 e. The molecule has 5 nitrogen and oxygen atoms in total. The summed E-state index contributed by atoms with van der Waals surface area (Å²) < 4.78 is 10.3. The highest BCUT2D eigenvalue weighted by molar-refractivity contribution is 5.70. The van der Waals surface area contributed by atoms with Gasteiger partial charge in [-0.3, -0.25) is 9.59 Å². The molecule has 0 rings (SSSR count). The molecule has 0 aliphatic carbocycles. The Morgan fingerprint density at radius 2 is 1.05 bits per heavy atom. The molecule has 0 radical (unpaired) electrons. The van der Waals surface area contributed by atoms with Crippen molar-refractivity contribution in [1.82, 2.24) is 0 Å². The van der Waals surface area contributed by atoms with Gasteiger partial charge in [-0.2, -0.15) is 0 Å². The Morgan fingerprint density at radius 1 is 0.590 bits per heavy atom. The van der Waals surface area contributed by atoms with Crippen LogP contribution in [0.5, 0.6) is 0 Å². The average Bonchev–Trinajstić information content (AvgIpc) is 2.94. The number of rotatable bonds is 29. The second-order valence-electron chi connectivity index (χ2n) is 10.9. The molecule has 0 saturated carbocycles. The number of ether oxygens (including phenoxy) is 2. The van der Waals surface area contributed by atoms with Crippen molar-refractivity contribution in [3.05, 3.63) is 24.3 Å². The quantitative estimate of drug-likeness (QED) is 0.0570. The summed E-state index contributed by atoms with van der Waals surface area (Å²) in [5.74, 6) is -0.633. The summed E-state index contributed by atoms with van der Waals surface area (Å²) in [6, 6.07) is 0. The molecular formula is C34H62O5. The van der Waals surface area contributed by atoms with Gasteiger partial charge in [0.1, 0.15) is 6.61 Å². The van der Waals surface area contributed by atoms with Crippen LogP contribution < -0.4 is 0 Å². The molecule has 39 heavy (non-hydrogen) atoms. The molecule has 0 aromatic rings. The van der Waals surface area contributed by atoms with E-state index in [1.54, 1.807) is 0 Å². The Kier molecular flexibility index (Phi) is 29.6. The normalized spacial score (nSPS) is 12.4. The summed E-state index contributed by atoms with van der Waals surface area (Å²) >= 11 is 0. The van der Waals surface area contributed by atoms with E-state index in [-0.39, 0.29) is 25.2 Å². The molecule has 0 aromatic carbocycles. The first-order valence-corrected chi connectivity index (χ1v) is 16.4. The second-order valence-corrected chi connectivity index (χ2v) is 10.9. The van der Waals surface area contributed by atoms with Crippen molar-refractivity contribution in [2.24, 2.45) is 0 Å². The molecule has 0 aliphatic heterocycles. The van der Waals surface area contributed by atoms with Gasteiger partial charge in [0.2, 0.25) is 0 Å². The van der Waals surface area contributed by atoms with Gasteiger partial charge in [0, 0.05) is 12.8 Å². The number of allylic oxidation sites excluding steroid dienone is 4. The SMILES string of the molecule is CCCCCCC/C=C\C/C=C\CCCCCCCCCCCCCC(=O)OC(CO)COC(=O)CCCC. The molecule has 0 fully saturated rings. The van der Waals surface area contributed by atoms with E-state index in [0.29, 0.717) is 12.8 Å². The van der Waals surface area contributed by atoms with Crippen LogP contribution in [0.1, 0.15) is 162 Å². The molecule has 1 unspecified atom stereocenters. The van der Waals surface area contributed by atoms with Gasteiger partial charge in [-0.25, -0.2) is 0 Å². The van der Waals surface area contributed by atoms with Crippen LogP contribution >= 0.6 is 0 Å². The van der Waals surface area contributed by atoms with E-state index in [9.17, 15) is 14.7 Å². The molecule has 0 aliphatic rings. The van der Waals surface area contributed by atoms with Crippen LogP contribution in [0.15, 0.2) is 24.3 Å². The van der Waals surface area contributed by atoms with Gasteiger partial charge in [0.25, 0.3) is 0 Å². The first-order chi connectivity index (χ1) is 19.1. The van der Waals surface area contributed by atoms with E-state index < -0.39 is 6.10 Å². The maximum Gasteiger partial charge on any atom is 0.306 e. The fraction of sp³-hybridized carbons (Fsp3) is 0.824. The fourth-order valence-corrected chi connectivity index (χ4v) is 4.44. The molecular weight excluding hydrogens is 488 g/mol. The van der Waals surface area contributed by atoms with Gasteiger partial charge in [0.05, 0.1) is 6.61 Å². The third-order valence-corrected chi connectivity index (χ3v) is 7.00. The van der Waals surface area contributed by atoms with Gasteiger partial charge in [0.15, 0.2) is 6.10 Å². The van der Waals surface area contributed by atoms with Crippen LogP contribution in [-0.4, -0.2) is 36.4 Å². The molecule has 228 valence electrons. The van der Waals surface area contributed by atoms with Crippen LogP contribution in [0.25, 0.3) is 0 Å². The standard InChI is InChI=1S/C34H62O5/c1-3-5-7-8-9-10-11-12-13-14-15-16-17-18-19-20-21-22-23-24-25-26-27-29-34(37)39-32(30-35)31-38-33(36)28-6-4-2/h11-12,14-15,32,35H,3-10,13,16-31H2,1-2H3/b12-11-,15-14-. The summed E-state index contributed by atoms with van der Waals surface area (Å²) in [5.41, 5.74) is 0. The molecule has 1 N–H and O–H groups in total. The zero-order chi connectivity index (χ0) is 28.7. The minimum atomic E-state index is -0.762. The Labute approximate surface area is 241 Å². The van der Waals surface area contributed by atoms with E-state index in [4.69, 9.17) is 9.47 Å². The van der Waals surface area contributed by atoms with E-state index in [2.05, 4.69) is 31.2 Å². The highest BCUT2D eigenvalue weighted by Crippen LogP contribution is 2.13. The van der Waals surface area contributed by atoms with Crippen molar-refractivity contribution in [2.75, 3.05) is 13.2 Å². The predicted molar refractivity (Wildman–Crippen MR) is 164 cm³/mol. The van der Waals surface area contributed by atoms with Crippen LogP contribution in [0.4, 0.5) is 0 Å². The van der Waals surface area contributed by atoms with E-state index in [0.717, 1.165) is 38.5 Å². The topological polar surface area (TPSA) is 72.8 Å². The number of carbonyl (C=O) groups excluding carboxylic acids is 2. The summed E-state index contributed by atoms with van der Waals surface area (Å²) in [6.07, 6.45) is 34.8.